The molecule has 61 valence electrons. The second-order valence-electron chi connectivity index (χ2n) is 4.91. The molecule has 0 aromatic rings. The van der Waals surface area contributed by atoms with Gasteiger partial charge in [-0.15, -0.1) is 0 Å². The molecule has 0 aliphatic rings. The Labute approximate surface area is 78.1 Å². The Hall–Kier alpha value is 1.74. The van der Waals surface area contributed by atoms with Crippen LogP contribution in [0.5, 0.6) is 0 Å². The molecule has 10 heavy (non-hydrogen) atoms. The van der Waals surface area contributed by atoms with Crippen LogP contribution in [0.1, 0.15) is 0 Å². The van der Waals surface area contributed by atoms with Crippen molar-refractivity contribution in [2.45, 2.75) is 39.3 Å². The number of rotatable bonds is 2. The van der Waals surface area contributed by atoms with Crippen LogP contribution in [0.15, 0.2) is 0 Å². The zero-order chi connectivity index (χ0) is 8.58. The van der Waals surface area contributed by atoms with E-state index in [1.54, 1.807) is 0 Å². The fourth-order valence-corrected chi connectivity index (χ4v) is 75.1. The van der Waals surface area contributed by atoms with Crippen LogP contribution in [0, 0.1) is 32.8 Å². The van der Waals surface area contributed by atoms with Crippen LogP contribution in [-0.2, 0) is 0 Å². The number of hydrogen-bond donors (Lipinski definition) is 1. The van der Waals surface area contributed by atoms with Crippen molar-refractivity contribution in [2.75, 3.05) is 0 Å². The van der Waals surface area contributed by atoms with Gasteiger partial charge in [-0.3, -0.25) is 0 Å². The van der Waals surface area contributed by atoms with Crippen LogP contribution in [0.2, 0.25) is 39.3 Å². The Morgan fingerprint density at radius 2 is 1.00 bits per heavy atom. The van der Waals surface area contributed by atoms with Crippen molar-refractivity contribution in [3.8, 4) is 0 Å². The predicted octanol–water partition coefficient (Wildman–Crippen LogP) is 2.15. The fourth-order valence-electron chi connectivity index (χ4n) is 1.12. The summed E-state index contributed by atoms with van der Waals surface area (Å²) >= 11 is -1.52. The molecule has 0 aliphatic carbocycles. The van der Waals surface area contributed by atoms with Gasteiger partial charge in [0.25, 0.3) is 0 Å². The van der Waals surface area contributed by atoms with E-state index in [0.29, 0.717) is 0 Å². The molecule has 0 saturated carbocycles. The minimum atomic E-state index is -1.52. The van der Waals surface area contributed by atoms with E-state index in [4.69, 9.17) is 1.82 Å². The van der Waals surface area contributed by atoms with E-state index in [1.165, 1.54) is 0 Å². The first-order valence-electron chi connectivity index (χ1n) is 3.79. The van der Waals surface area contributed by atoms with E-state index in [0.717, 1.165) is 0 Å². The summed E-state index contributed by atoms with van der Waals surface area (Å²) in [5.74, 6) is 0. The first kappa shape index (κ1) is 11.7. The number of hydrogen-bond acceptors (Lipinski definition) is 1. The van der Waals surface area contributed by atoms with Gasteiger partial charge in [-0.1, -0.05) is 0 Å². The molecule has 0 rings (SSSR count). The molecule has 0 spiro atoms. The quantitative estimate of drug-likeness (QED) is 0.777. The third-order valence-electron chi connectivity index (χ3n) is 1.62. The topological polar surface area (TPSA) is 26.0 Å². The Balaban J connectivity index is 4.23. The van der Waals surface area contributed by atoms with Crippen molar-refractivity contribution in [3.05, 3.63) is 0 Å². The molecule has 0 radical (unpaired) electrons. The molecule has 1 nitrogen and oxygen atoms in total. The minimum absolute atomic E-state index is 0.844. The SMILES string of the molecule is C[Si](C)(C)[Nd]([NH2])[Si](C)(C)C. The van der Waals surface area contributed by atoms with Gasteiger partial charge in [0.2, 0.25) is 0 Å². The van der Waals surface area contributed by atoms with Gasteiger partial charge in [-0.25, -0.2) is 0 Å². The van der Waals surface area contributed by atoms with Gasteiger partial charge in [0.1, 0.15) is 0 Å². The molecule has 0 bridgehead atoms. The molecule has 0 fully saturated rings. The van der Waals surface area contributed by atoms with Crippen molar-refractivity contribution in [1.29, 1.82) is 0 Å². The first-order chi connectivity index (χ1) is 4.15. The van der Waals surface area contributed by atoms with E-state index in [9.17, 15) is 0 Å². The predicted molar refractivity (Wildman–Crippen MR) is 50.9 cm³/mol. The summed E-state index contributed by atoms with van der Waals surface area (Å²) in [6.07, 6.45) is 0. The molecule has 0 aromatic carbocycles. The average Bonchev–Trinajstić information content (AvgIpc) is 1.59. The summed E-state index contributed by atoms with van der Waals surface area (Å²) in [7, 11) is 0. The van der Waals surface area contributed by atoms with Crippen molar-refractivity contribution in [1.82, 2.24) is 0 Å². The fraction of sp³-hybridized carbons (Fsp3) is 1.00. The molecule has 0 amide bonds. The summed E-state index contributed by atoms with van der Waals surface area (Å²) in [5, 5.41) is 0. The van der Waals surface area contributed by atoms with E-state index in [1.807, 2.05) is 0 Å². The van der Waals surface area contributed by atoms with E-state index in [2.05, 4.69) is 39.3 Å². The van der Waals surface area contributed by atoms with Gasteiger partial charge in [0, 0.05) is 0 Å². The van der Waals surface area contributed by atoms with Gasteiger partial charge in [0.15, 0.2) is 0 Å². The van der Waals surface area contributed by atoms with Crippen LogP contribution in [0.4, 0.5) is 0 Å². The Bertz CT molecular complexity index is 99.9. The maximum absolute atomic E-state index is 6.36. The third kappa shape index (κ3) is 3.94. The molecule has 0 heterocycles. The normalized spacial score (nSPS) is 13.5. The van der Waals surface area contributed by atoms with Gasteiger partial charge in [-0.2, -0.15) is 0 Å². The van der Waals surface area contributed by atoms with Crippen molar-refractivity contribution in [2.24, 2.45) is 1.82 Å². The van der Waals surface area contributed by atoms with Crippen LogP contribution >= 0.6 is 0 Å². The van der Waals surface area contributed by atoms with Crippen LogP contribution < -0.4 is 1.82 Å². The molecule has 0 aliphatic heterocycles. The molecule has 0 atom stereocenters. The summed E-state index contributed by atoms with van der Waals surface area (Å²) in [6, 6.07) is 0. The zero-order valence-electron chi connectivity index (χ0n) is 8.08. The Kier molecular flexibility index (Phi) is 4.27. The van der Waals surface area contributed by atoms with Gasteiger partial charge < -0.3 is 0 Å². The third-order valence-corrected chi connectivity index (χ3v) is 69.3. The molecule has 0 aromatic heterocycles. The second kappa shape index (κ2) is 3.64. The summed E-state index contributed by atoms with van der Waals surface area (Å²) in [4.78, 5) is 0. The summed E-state index contributed by atoms with van der Waals surface area (Å²) in [5.41, 5.74) is 0. The molecule has 4 heteroatoms. The second-order valence-corrected chi connectivity index (χ2v) is 57.1. The Morgan fingerprint density at radius 3 is 1.00 bits per heavy atom. The molecular weight excluding hydrogens is 286 g/mol. The standard InChI is InChI=1S/2C3H9Si.H2N.Nd/c2*1-4(2)3;;/h2*1-3H3;1H2;/q;;-1;+1. The summed E-state index contributed by atoms with van der Waals surface area (Å²) < 4.78 is 4.68. The maximum atomic E-state index is 6.36. The molecular formula is C6H20NNdSi2. The monoisotopic (exact) mass is 304 g/mol. The van der Waals surface area contributed by atoms with Crippen molar-refractivity contribution in [3.63, 3.8) is 0 Å². The van der Waals surface area contributed by atoms with Crippen LogP contribution in [-0.4, -0.2) is 5.33 Å². The van der Waals surface area contributed by atoms with Gasteiger partial charge >= 0.3 is 79.2 Å². The van der Waals surface area contributed by atoms with Gasteiger partial charge in [0.05, 0.1) is 0 Å². The molecule has 0 saturated heterocycles. The number of nitrogens with two attached hydrogens (primary N) is 1. The van der Waals surface area contributed by atoms with E-state index >= 15 is 0 Å². The summed E-state index contributed by atoms with van der Waals surface area (Å²) in [6.45, 7) is 14.7. The van der Waals surface area contributed by atoms with Crippen LogP contribution in [0.3, 0.4) is 0 Å². The average molecular weight is 307 g/mol. The van der Waals surface area contributed by atoms with E-state index in [-0.39, 0.29) is 0 Å². The van der Waals surface area contributed by atoms with E-state index < -0.39 is 38.1 Å². The van der Waals surface area contributed by atoms with Crippen molar-refractivity contribution >= 4 is 5.33 Å². The molecule has 2 N–H and O–H groups in total. The zero-order valence-corrected chi connectivity index (χ0v) is 13.3. The Morgan fingerprint density at radius 1 is 0.800 bits per heavy atom. The molecule has 0 unspecified atom stereocenters. The van der Waals surface area contributed by atoms with Crippen molar-refractivity contribution < 1.29 is 32.8 Å². The first-order valence-corrected chi connectivity index (χ1v) is 22.3. The van der Waals surface area contributed by atoms with Gasteiger partial charge in [-0.05, 0) is 0 Å². The van der Waals surface area contributed by atoms with Crippen LogP contribution in [0.25, 0.3) is 0 Å².